The molecule has 2 heteroatoms. The van der Waals surface area contributed by atoms with E-state index in [9.17, 15) is 4.91 Å². The fourth-order valence-corrected chi connectivity index (χ4v) is 2.37. The molecule has 0 aromatic heterocycles. The van der Waals surface area contributed by atoms with Gasteiger partial charge in [-0.1, -0.05) is 12.2 Å². The third-order valence-corrected chi connectivity index (χ3v) is 3.07. The molecule has 0 N–H and O–H groups in total. The van der Waals surface area contributed by atoms with Gasteiger partial charge in [0.15, 0.2) is 0 Å². The Balaban J connectivity index is 2.32. The molecular formula is C11H15NO. The lowest BCUT2D eigenvalue weighted by molar-refractivity contribution is 0.468. The monoisotopic (exact) mass is 177 g/mol. The van der Waals surface area contributed by atoms with Crippen LogP contribution in [-0.4, -0.2) is 0 Å². The lowest BCUT2D eigenvalue weighted by Gasteiger charge is -2.22. The van der Waals surface area contributed by atoms with Gasteiger partial charge in [-0.05, 0) is 55.2 Å². The molecule has 2 nitrogen and oxygen atoms in total. The molecule has 2 rings (SSSR count). The van der Waals surface area contributed by atoms with Crippen molar-refractivity contribution < 1.29 is 0 Å². The first-order valence-corrected chi connectivity index (χ1v) is 5.15. The lowest BCUT2D eigenvalue weighted by atomic mass is 9.84. The van der Waals surface area contributed by atoms with Gasteiger partial charge in [-0.25, -0.2) is 0 Å². The van der Waals surface area contributed by atoms with E-state index in [1.807, 2.05) is 0 Å². The van der Waals surface area contributed by atoms with E-state index < -0.39 is 0 Å². The van der Waals surface area contributed by atoms with E-state index >= 15 is 0 Å². The van der Waals surface area contributed by atoms with Crippen LogP contribution in [0.4, 0.5) is 0 Å². The predicted molar refractivity (Wildman–Crippen MR) is 53.2 cm³/mol. The first kappa shape index (κ1) is 8.67. The number of nitroso groups, excluding NO2 is 1. The minimum atomic E-state index is 0.625. The van der Waals surface area contributed by atoms with Gasteiger partial charge in [-0.15, -0.1) is 4.91 Å². The number of hydrogen-bond acceptors (Lipinski definition) is 2. The molecule has 0 radical (unpaired) electrons. The Bertz CT molecular complexity index is 265. The third kappa shape index (κ3) is 1.71. The van der Waals surface area contributed by atoms with Crippen molar-refractivity contribution in [3.63, 3.8) is 0 Å². The summed E-state index contributed by atoms with van der Waals surface area (Å²) in [5.74, 6) is 0.625. The molecule has 1 unspecified atom stereocenters. The number of rotatable bonds is 1. The molecule has 0 aliphatic heterocycles. The van der Waals surface area contributed by atoms with Crippen LogP contribution in [0.5, 0.6) is 0 Å². The van der Waals surface area contributed by atoms with Gasteiger partial charge in [-0.2, -0.15) is 0 Å². The van der Waals surface area contributed by atoms with Crippen LogP contribution in [0.1, 0.15) is 38.5 Å². The van der Waals surface area contributed by atoms with E-state index in [0.29, 0.717) is 5.92 Å². The Kier molecular flexibility index (Phi) is 2.57. The molecule has 70 valence electrons. The van der Waals surface area contributed by atoms with E-state index in [2.05, 4.69) is 17.3 Å². The van der Waals surface area contributed by atoms with Crippen molar-refractivity contribution in [2.75, 3.05) is 0 Å². The van der Waals surface area contributed by atoms with Gasteiger partial charge < -0.3 is 0 Å². The summed E-state index contributed by atoms with van der Waals surface area (Å²) in [6.07, 6.45) is 11.3. The molecule has 2 aliphatic rings. The van der Waals surface area contributed by atoms with Gasteiger partial charge in [0.25, 0.3) is 0 Å². The van der Waals surface area contributed by atoms with E-state index in [0.717, 1.165) is 25.0 Å². The summed E-state index contributed by atoms with van der Waals surface area (Å²) in [4.78, 5) is 10.6. The van der Waals surface area contributed by atoms with E-state index in [1.165, 1.54) is 24.8 Å². The van der Waals surface area contributed by atoms with Crippen LogP contribution in [0, 0.1) is 10.8 Å². The van der Waals surface area contributed by atoms with E-state index in [1.54, 1.807) is 0 Å². The Morgan fingerprint density at radius 3 is 3.00 bits per heavy atom. The van der Waals surface area contributed by atoms with Gasteiger partial charge in [0, 0.05) is 0 Å². The largest absolute Gasteiger partial charge is 0.145 e. The maximum absolute atomic E-state index is 10.6. The minimum absolute atomic E-state index is 0.625. The zero-order chi connectivity index (χ0) is 9.10. The topological polar surface area (TPSA) is 29.4 Å². The van der Waals surface area contributed by atoms with Crippen LogP contribution >= 0.6 is 0 Å². The summed E-state index contributed by atoms with van der Waals surface area (Å²) in [6.45, 7) is 0. The van der Waals surface area contributed by atoms with Crippen molar-refractivity contribution in [1.29, 1.82) is 0 Å². The molecule has 1 atom stereocenters. The van der Waals surface area contributed by atoms with Crippen LogP contribution < -0.4 is 0 Å². The lowest BCUT2D eigenvalue weighted by Crippen LogP contribution is -2.09. The molecule has 0 saturated heterocycles. The Morgan fingerprint density at radius 1 is 1.31 bits per heavy atom. The second-order valence-electron chi connectivity index (χ2n) is 3.92. The maximum Gasteiger partial charge on any atom is 0.0883 e. The zero-order valence-corrected chi connectivity index (χ0v) is 7.83. The fourth-order valence-electron chi connectivity index (χ4n) is 2.37. The molecule has 0 saturated carbocycles. The van der Waals surface area contributed by atoms with Gasteiger partial charge in [0.05, 0.1) is 5.70 Å². The maximum atomic E-state index is 10.6. The van der Waals surface area contributed by atoms with E-state index in [-0.39, 0.29) is 0 Å². The average Bonchev–Trinajstić information content (AvgIpc) is 2.41. The number of fused-ring (bicyclic) bond motifs is 1. The summed E-state index contributed by atoms with van der Waals surface area (Å²) >= 11 is 0. The molecule has 2 aliphatic carbocycles. The number of allylic oxidation sites excluding steroid dienone is 4. The molecule has 0 aromatic rings. The van der Waals surface area contributed by atoms with Gasteiger partial charge >= 0.3 is 0 Å². The summed E-state index contributed by atoms with van der Waals surface area (Å²) in [7, 11) is 0. The number of nitrogens with zero attached hydrogens (tertiary/aromatic N) is 1. The normalized spacial score (nSPS) is 28.2. The van der Waals surface area contributed by atoms with Crippen molar-refractivity contribution in [3.05, 3.63) is 28.3 Å². The van der Waals surface area contributed by atoms with Crippen LogP contribution in [0.3, 0.4) is 0 Å². The first-order valence-electron chi connectivity index (χ1n) is 5.15. The molecule has 13 heavy (non-hydrogen) atoms. The summed E-state index contributed by atoms with van der Waals surface area (Å²) in [6, 6.07) is 0. The summed E-state index contributed by atoms with van der Waals surface area (Å²) in [5, 5.41) is 3.15. The molecular weight excluding hydrogens is 162 g/mol. The van der Waals surface area contributed by atoms with Crippen molar-refractivity contribution >= 4 is 0 Å². The average molecular weight is 177 g/mol. The molecule has 0 fully saturated rings. The van der Waals surface area contributed by atoms with Crippen molar-refractivity contribution in [3.8, 4) is 0 Å². The molecule has 0 bridgehead atoms. The summed E-state index contributed by atoms with van der Waals surface area (Å²) in [5.41, 5.74) is 2.05. The molecule has 0 aromatic carbocycles. The quantitative estimate of drug-likeness (QED) is 0.563. The highest BCUT2D eigenvalue weighted by molar-refractivity contribution is 5.30. The number of hydrogen-bond donors (Lipinski definition) is 0. The van der Waals surface area contributed by atoms with Crippen molar-refractivity contribution in [1.82, 2.24) is 0 Å². The summed E-state index contributed by atoms with van der Waals surface area (Å²) < 4.78 is 0. The van der Waals surface area contributed by atoms with Gasteiger partial charge in [0.2, 0.25) is 0 Å². The molecule has 0 spiro atoms. The van der Waals surface area contributed by atoms with Crippen LogP contribution in [-0.2, 0) is 0 Å². The first-order chi connectivity index (χ1) is 6.42. The Hall–Kier alpha value is -0.920. The second kappa shape index (κ2) is 3.86. The Morgan fingerprint density at radius 2 is 2.15 bits per heavy atom. The second-order valence-corrected chi connectivity index (χ2v) is 3.92. The SMILES string of the molecule is O=NC1=C2C=CCCCC2CCC1. The smallest absolute Gasteiger partial charge is 0.0883 e. The van der Waals surface area contributed by atoms with E-state index in [4.69, 9.17) is 0 Å². The highest BCUT2D eigenvalue weighted by Crippen LogP contribution is 2.36. The fraction of sp³-hybridized carbons (Fsp3) is 0.636. The van der Waals surface area contributed by atoms with Gasteiger partial charge in [0.1, 0.15) is 0 Å². The van der Waals surface area contributed by atoms with Gasteiger partial charge in [-0.3, -0.25) is 0 Å². The van der Waals surface area contributed by atoms with Crippen LogP contribution in [0.15, 0.2) is 28.6 Å². The minimum Gasteiger partial charge on any atom is -0.145 e. The third-order valence-electron chi connectivity index (χ3n) is 3.07. The zero-order valence-electron chi connectivity index (χ0n) is 7.83. The molecule has 0 heterocycles. The van der Waals surface area contributed by atoms with Crippen molar-refractivity contribution in [2.24, 2.45) is 11.1 Å². The van der Waals surface area contributed by atoms with Crippen LogP contribution in [0.25, 0.3) is 0 Å². The Labute approximate surface area is 78.7 Å². The predicted octanol–water partition coefficient (Wildman–Crippen LogP) is 3.55. The van der Waals surface area contributed by atoms with Crippen LogP contribution in [0.2, 0.25) is 0 Å². The highest BCUT2D eigenvalue weighted by Gasteiger charge is 2.22. The van der Waals surface area contributed by atoms with Crippen molar-refractivity contribution in [2.45, 2.75) is 38.5 Å². The standard InChI is InChI=1S/C11H15NO/c13-12-11-8-4-6-9-5-2-1-3-7-10(9)11/h3,7,9H,1-2,4-6,8H2. The highest BCUT2D eigenvalue weighted by atomic mass is 16.3. The molecule has 0 amide bonds.